The third-order valence-corrected chi connectivity index (χ3v) is 6.24. The number of aliphatic carboxylic acids is 1. The number of aromatic nitrogens is 2. The quantitative estimate of drug-likeness (QED) is 0.329. The summed E-state index contributed by atoms with van der Waals surface area (Å²) in [6, 6.07) is 8.18. The standard InChI is InChI=1S/C25H26F4N4O3.2ClH/c1-15-5-3-4-10-33(15)21-9-8-17(11-19(21)25(27,28)29)24-30-23(31-36-24)16-6-7-18(20(26)12-16)13-32(2)14-22(34)35;;/h6-9,11-12,15H,3-5,10,13-14H2,1-2H3,(H,34,35);2*1H. The minimum atomic E-state index is -4.57. The first-order chi connectivity index (χ1) is 17.0. The van der Waals surface area contributed by atoms with Crippen LogP contribution in [0.5, 0.6) is 0 Å². The highest BCUT2D eigenvalue weighted by Gasteiger charge is 2.37. The van der Waals surface area contributed by atoms with Crippen LogP contribution in [0.1, 0.15) is 37.3 Å². The number of hydrogen-bond acceptors (Lipinski definition) is 6. The van der Waals surface area contributed by atoms with Gasteiger partial charge >= 0.3 is 12.1 Å². The Labute approximate surface area is 229 Å². The highest BCUT2D eigenvalue weighted by Crippen LogP contribution is 2.41. The van der Waals surface area contributed by atoms with Gasteiger partial charge < -0.3 is 14.5 Å². The van der Waals surface area contributed by atoms with E-state index >= 15 is 0 Å². The van der Waals surface area contributed by atoms with Gasteiger partial charge in [0, 0.05) is 41.5 Å². The average molecular weight is 579 g/mol. The van der Waals surface area contributed by atoms with Gasteiger partial charge in [0.15, 0.2) is 0 Å². The number of likely N-dealkylation sites (N-methyl/N-ethyl adjacent to an activating group) is 1. The maximum Gasteiger partial charge on any atom is 0.418 e. The van der Waals surface area contributed by atoms with E-state index in [4.69, 9.17) is 9.63 Å². The van der Waals surface area contributed by atoms with E-state index in [0.29, 0.717) is 6.54 Å². The van der Waals surface area contributed by atoms with Gasteiger partial charge in [-0.05, 0) is 57.5 Å². The molecule has 0 bridgehead atoms. The van der Waals surface area contributed by atoms with Gasteiger partial charge in [-0.15, -0.1) is 24.8 Å². The van der Waals surface area contributed by atoms with Crippen molar-refractivity contribution < 1.29 is 32.0 Å². The predicted octanol–water partition coefficient (Wildman–Crippen LogP) is 6.30. The van der Waals surface area contributed by atoms with Crippen LogP contribution in [-0.4, -0.2) is 52.3 Å². The Kier molecular flexibility index (Phi) is 10.5. The highest BCUT2D eigenvalue weighted by atomic mass is 35.5. The van der Waals surface area contributed by atoms with Gasteiger partial charge in [0.2, 0.25) is 5.82 Å². The lowest BCUT2D eigenvalue weighted by Gasteiger charge is -2.37. The molecule has 1 atom stereocenters. The Morgan fingerprint density at radius 1 is 1.16 bits per heavy atom. The Morgan fingerprint density at radius 2 is 1.87 bits per heavy atom. The van der Waals surface area contributed by atoms with Crippen LogP contribution in [0, 0.1) is 5.82 Å². The van der Waals surface area contributed by atoms with E-state index in [2.05, 4.69) is 10.1 Å². The molecule has 0 spiro atoms. The number of alkyl halides is 3. The van der Waals surface area contributed by atoms with Crippen LogP contribution in [0.2, 0.25) is 0 Å². The summed E-state index contributed by atoms with van der Waals surface area (Å²) in [7, 11) is 1.55. The lowest BCUT2D eigenvalue weighted by molar-refractivity contribution is -0.138. The summed E-state index contributed by atoms with van der Waals surface area (Å²) in [5.74, 6) is -1.70. The molecular weight excluding hydrogens is 551 g/mol. The van der Waals surface area contributed by atoms with E-state index in [1.807, 2.05) is 6.92 Å². The fourth-order valence-electron chi connectivity index (χ4n) is 4.45. The largest absolute Gasteiger partial charge is 0.480 e. The molecule has 1 unspecified atom stereocenters. The minimum Gasteiger partial charge on any atom is -0.480 e. The smallest absolute Gasteiger partial charge is 0.418 e. The molecule has 1 fully saturated rings. The van der Waals surface area contributed by atoms with E-state index in [1.54, 1.807) is 18.0 Å². The fraction of sp³-hybridized carbons (Fsp3) is 0.400. The fourth-order valence-corrected chi connectivity index (χ4v) is 4.45. The number of anilines is 1. The summed E-state index contributed by atoms with van der Waals surface area (Å²) in [5, 5.41) is 12.7. The van der Waals surface area contributed by atoms with Crippen molar-refractivity contribution in [2.75, 3.05) is 25.0 Å². The maximum absolute atomic E-state index is 14.6. The molecule has 7 nitrogen and oxygen atoms in total. The first kappa shape index (κ1) is 31.3. The predicted molar refractivity (Wildman–Crippen MR) is 139 cm³/mol. The van der Waals surface area contributed by atoms with Gasteiger partial charge in [0.25, 0.3) is 5.89 Å². The van der Waals surface area contributed by atoms with Gasteiger partial charge in [0.1, 0.15) is 5.82 Å². The van der Waals surface area contributed by atoms with Crippen LogP contribution in [0.25, 0.3) is 22.8 Å². The maximum atomic E-state index is 14.6. The molecule has 1 aliphatic heterocycles. The zero-order valence-corrected chi connectivity index (χ0v) is 22.3. The Balaban J connectivity index is 0.00000253. The number of rotatable bonds is 7. The van der Waals surface area contributed by atoms with E-state index in [-0.39, 0.29) is 78.0 Å². The first-order valence-electron chi connectivity index (χ1n) is 11.5. The number of carbonyl (C=O) groups is 1. The molecule has 1 aromatic heterocycles. The number of carboxylic acid groups (broad SMARTS) is 1. The van der Waals surface area contributed by atoms with Crippen LogP contribution in [-0.2, 0) is 17.5 Å². The van der Waals surface area contributed by atoms with E-state index < -0.39 is 23.5 Å². The highest BCUT2D eigenvalue weighted by molar-refractivity contribution is 5.85. The molecule has 0 aliphatic carbocycles. The lowest BCUT2D eigenvalue weighted by atomic mass is 9.99. The Hall–Kier alpha value is -2.89. The summed E-state index contributed by atoms with van der Waals surface area (Å²) < 4.78 is 61.7. The SMILES string of the molecule is CC1CCCCN1c1ccc(-c2nc(-c3ccc(CN(C)CC(=O)O)c(F)c3)no2)cc1C(F)(F)F.Cl.Cl. The second-order valence-corrected chi connectivity index (χ2v) is 9.06. The minimum absolute atomic E-state index is 0. The van der Waals surface area contributed by atoms with Crippen LogP contribution < -0.4 is 4.90 Å². The molecule has 13 heteroatoms. The van der Waals surface area contributed by atoms with Gasteiger partial charge in [0.05, 0.1) is 12.1 Å². The third-order valence-electron chi connectivity index (χ3n) is 6.24. The van der Waals surface area contributed by atoms with Gasteiger partial charge in [-0.3, -0.25) is 9.69 Å². The number of hydrogen-bond donors (Lipinski definition) is 1. The second kappa shape index (κ2) is 12.8. The zero-order valence-electron chi connectivity index (χ0n) is 20.7. The molecule has 0 amide bonds. The number of piperidine rings is 1. The Morgan fingerprint density at radius 3 is 2.50 bits per heavy atom. The molecule has 4 rings (SSSR count). The van der Waals surface area contributed by atoms with E-state index in [9.17, 15) is 22.4 Å². The molecule has 208 valence electrons. The molecule has 1 aliphatic rings. The van der Waals surface area contributed by atoms with Crippen LogP contribution in [0.4, 0.5) is 23.2 Å². The summed E-state index contributed by atoms with van der Waals surface area (Å²) in [4.78, 5) is 18.2. The van der Waals surface area contributed by atoms with Crippen LogP contribution in [0.3, 0.4) is 0 Å². The normalized spacial score (nSPS) is 15.7. The van der Waals surface area contributed by atoms with Crippen molar-refractivity contribution in [3.8, 4) is 22.8 Å². The number of halogens is 6. The molecule has 1 saturated heterocycles. The monoisotopic (exact) mass is 578 g/mol. The van der Waals surface area contributed by atoms with E-state index in [1.165, 1.54) is 29.2 Å². The first-order valence-corrected chi connectivity index (χ1v) is 11.5. The average Bonchev–Trinajstić information content (AvgIpc) is 3.30. The summed E-state index contributed by atoms with van der Waals surface area (Å²) >= 11 is 0. The third kappa shape index (κ3) is 7.15. The van der Waals surface area contributed by atoms with Crippen molar-refractivity contribution in [1.29, 1.82) is 0 Å². The molecule has 2 heterocycles. The molecule has 3 aromatic rings. The van der Waals surface area contributed by atoms with Crippen molar-refractivity contribution in [3.63, 3.8) is 0 Å². The molecule has 0 radical (unpaired) electrons. The zero-order chi connectivity index (χ0) is 26.0. The molecule has 2 aromatic carbocycles. The van der Waals surface area contributed by atoms with Crippen molar-refractivity contribution in [2.45, 2.75) is 44.9 Å². The number of nitrogens with zero attached hydrogens (tertiary/aromatic N) is 4. The van der Waals surface area contributed by atoms with Crippen molar-refractivity contribution in [3.05, 3.63) is 53.3 Å². The van der Waals surface area contributed by atoms with Crippen LogP contribution >= 0.6 is 24.8 Å². The van der Waals surface area contributed by atoms with Crippen molar-refractivity contribution >= 4 is 36.5 Å². The Bertz CT molecular complexity index is 1260. The van der Waals surface area contributed by atoms with Gasteiger partial charge in [-0.25, -0.2) is 4.39 Å². The van der Waals surface area contributed by atoms with Crippen molar-refractivity contribution in [2.24, 2.45) is 0 Å². The summed E-state index contributed by atoms with van der Waals surface area (Å²) in [6.07, 6.45) is -1.92. The van der Waals surface area contributed by atoms with Crippen LogP contribution in [0.15, 0.2) is 40.9 Å². The van der Waals surface area contributed by atoms with E-state index in [0.717, 1.165) is 25.3 Å². The van der Waals surface area contributed by atoms with Gasteiger partial charge in [-0.1, -0.05) is 17.3 Å². The topological polar surface area (TPSA) is 82.7 Å². The number of benzene rings is 2. The molecule has 38 heavy (non-hydrogen) atoms. The van der Waals surface area contributed by atoms with Gasteiger partial charge in [-0.2, -0.15) is 18.2 Å². The lowest BCUT2D eigenvalue weighted by Crippen LogP contribution is -2.38. The molecule has 0 saturated carbocycles. The molecular formula is C25H28Cl2F4N4O3. The van der Waals surface area contributed by atoms with Crippen molar-refractivity contribution in [1.82, 2.24) is 15.0 Å². The second-order valence-electron chi connectivity index (χ2n) is 9.06. The molecule has 1 N–H and O–H groups in total. The summed E-state index contributed by atoms with van der Waals surface area (Å²) in [5.41, 5.74) is 0.0329. The number of carboxylic acids is 1. The summed E-state index contributed by atoms with van der Waals surface area (Å²) in [6.45, 7) is 2.32.